The first-order valence-electron chi connectivity index (χ1n) is 9.81. The summed E-state index contributed by atoms with van der Waals surface area (Å²) in [6, 6.07) is 17.2. The van der Waals surface area contributed by atoms with E-state index in [9.17, 15) is 13.2 Å². The van der Waals surface area contributed by atoms with Gasteiger partial charge in [0.05, 0.1) is 15.6 Å². The summed E-state index contributed by atoms with van der Waals surface area (Å²) in [5, 5.41) is 9.21. The fraction of sp³-hybridized carbons (Fsp3) is 0.227. The molecular weight excluding hydrogens is 436 g/mol. The molecule has 0 N–H and O–H groups in total. The van der Waals surface area contributed by atoms with E-state index in [2.05, 4.69) is 10.2 Å². The highest BCUT2D eigenvalue weighted by molar-refractivity contribution is 7.89. The smallest absolute Gasteiger partial charge is 0.243 e. The van der Waals surface area contributed by atoms with Gasteiger partial charge >= 0.3 is 0 Å². The highest BCUT2D eigenvalue weighted by Crippen LogP contribution is 2.27. The fourth-order valence-corrected chi connectivity index (χ4v) is 5.13. The number of hydrogen-bond donors (Lipinski definition) is 0. The molecule has 1 aliphatic heterocycles. The molecule has 31 heavy (non-hydrogen) atoms. The zero-order valence-electron chi connectivity index (χ0n) is 16.9. The Morgan fingerprint density at radius 2 is 1.58 bits per heavy atom. The van der Waals surface area contributed by atoms with E-state index in [1.807, 2.05) is 35.2 Å². The number of benzene rings is 2. The van der Waals surface area contributed by atoms with Crippen LogP contribution >= 0.6 is 11.6 Å². The molecule has 4 rings (SSSR count). The van der Waals surface area contributed by atoms with Gasteiger partial charge in [0, 0.05) is 37.3 Å². The predicted octanol–water partition coefficient (Wildman–Crippen LogP) is 3.51. The van der Waals surface area contributed by atoms with Crippen LogP contribution in [0.5, 0.6) is 0 Å². The number of carbonyl (C=O) groups is 1. The summed E-state index contributed by atoms with van der Waals surface area (Å²) in [6.07, 6.45) is 0. The number of rotatable bonds is 5. The zero-order valence-corrected chi connectivity index (χ0v) is 18.5. The first-order valence-corrected chi connectivity index (χ1v) is 11.6. The van der Waals surface area contributed by atoms with Gasteiger partial charge in [-0.3, -0.25) is 4.79 Å². The van der Waals surface area contributed by atoms with Crippen LogP contribution < -0.4 is 4.90 Å². The predicted molar refractivity (Wildman–Crippen MR) is 120 cm³/mol. The van der Waals surface area contributed by atoms with Gasteiger partial charge in [-0.15, -0.1) is 10.2 Å². The number of piperazine rings is 1. The Morgan fingerprint density at radius 1 is 0.903 bits per heavy atom. The standard InChI is InChI=1S/C22H21ClN4O3S/c1-16(28)17-6-8-18(9-7-17)31(29,30)27-14-12-26(13-15-27)22-11-10-21(24-25-22)19-4-2-3-5-20(19)23/h2-11H,12-15H2,1H3. The Kier molecular flexibility index (Phi) is 6.04. The van der Waals surface area contributed by atoms with Gasteiger partial charge in [-0.2, -0.15) is 4.31 Å². The maximum Gasteiger partial charge on any atom is 0.243 e. The molecule has 0 bridgehead atoms. The van der Waals surface area contributed by atoms with E-state index in [0.717, 1.165) is 5.56 Å². The number of carbonyl (C=O) groups excluding carboxylic acids is 1. The van der Waals surface area contributed by atoms with Crippen LogP contribution in [0.3, 0.4) is 0 Å². The number of aromatic nitrogens is 2. The quantitative estimate of drug-likeness (QED) is 0.546. The van der Waals surface area contributed by atoms with Gasteiger partial charge in [-0.1, -0.05) is 41.9 Å². The molecule has 160 valence electrons. The van der Waals surface area contributed by atoms with E-state index in [1.165, 1.54) is 23.4 Å². The number of nitrogens with zero attached hydrogens (tertiary/aromatic N) is 4. The lowest BCUT2D eigenvalue weighted by Gasteiger charge is -2.34. The number of Topliss-reactive ketones (excluding diaryl/α,β-unsaturated/α-hetero) is 1. The molecule has 2 aromatic carbocycles. The van der Waals surface area contributed by atoms with Crippen molar-refractivity contribution in [2.24, 2.45) is 0 Å². The number of halogens is 1. The minimum absolute atomic E-state index is 0.0979. The third-order valence-corrected chi connectivity index (χ3v) is 7.50. The Hall–Kier alpha value is -2.81. The van der Waals surface area contributed by atoms with Crippen molar-refractivity contribution in [2.45, 2.75) is 11.8 Å². The first-order chi connectivity index (χ1) is 14.9. The van der Waals surface area contributed by atoms with Gasteiger partial charge in [0.2, 0.25) is 10.0 Å². The second-order valence-electron chi connectivity index (χ2n) is 7.23. The molecule has 9 heteroatoms. The summed E-state index contributed by atoms with van der Waals surface area (Å²) in [5.74, 6) is 0.595. The third kappa shape index (κ3) is 4.46. The highest BCUT2D eigenvalue weighted by atomic mass is 35.5. The van der Waals surface area contributed by atoms with Gasteiger partial charge < -0.3 is 4.90 Å². The minimum Gasteiger partial charge on any atom is -0.352 e. The topological polar surface area (TPSA) is 83.5 Å². The summed E-state index contributed by atoms with van der Waals surface area (Å²) in [6.45, 7) is 3.14. The zero-order chi connectivity index (χ0) is 22.0. The summed E-state index contributed by atoms with van der Waals surface area (Å²) in [5.41, 5.74) is 1.99. The monoisotopic (exact) mass is 456 g/mol. The summed E-state index contributed by atoms with van der Waals surface area (Å²) >= 11 is 6.22. The second-order valence-corrected chi connectivity index (χ2v) is 9.57. The summed E-state index contributed by atoms with van der Waals surface area (Å²) < 4.78 is 27.3. The van der Waals surface area contributed by atoms with Crippen LogP contribution in [0.4, 0.5) is 5.82 Å². The Labute approximate surface area is 186 Å². The average molecular weight is 457 g/mol. The Bertz CT molecular complexity index is 1190. The molecule has 1 saturated heterocycles. The Balaban J connectivity index is 1.43. The number of hydrogen-bond acceptors (Lipinski definition) is 6. The minimum atomic E-state index is -3.61. The molecule has 0 unspecified atom stereocenters. The van der Waals surface area contributed by atoms with E-state index in [1.54, 1.807) is 18.2 Å². The molecule has 0 saturated carbocycles. The molecule has 3 aromatic rings. The van der Waals surface area contributed by atoms with Crippen molar-refractivity contribution in [3.8, 4) is 11.3 Å². The van der Waals surface area contributed by atoms with E-state index < -0.39 is 10.0 Å². The van der Waals surface area contributed by atoms with Gasteiger partial charge in [0.15, 0.2) is 11.6 Å². The van der Waals surface area contributed by atoms with Gasteiger partial charge in [-0.05, 0) is 37.3 Å². The van der Waals surface area contributed by atoms with Crippen LogP contribution in [0.1, 0.15) is 17.3 Å². The number of ketones is 1. The molecule has 2 heterocycles. The summed E-state index contributed by atoms with van der Waals surface area (Å²) in [4.78, 5) is 13.6. The molecule has 0 spiro atoms. The lowest BCUT2D eigenvalue weighted by Crippen LogP contribution is -2.49. The third-order valence-electron chi connectivity index (χ3n) is 5.26. The maximum absolute atomic E-state index is 12.9. The molecule has 7 nitrogen and oxygen atoms in total. The molecule has 1 fully saturated rings. The van der Waals surface area contributed by atoms with E-state index in [0.29, 0.717) is 48.3 Å². The maximum atomic E-state index is 12.9. The molecule has 0 amide bonds. The van der Waals surface area contributed by atoms with Gasteiger partial charge in [0.25, 0.3) is 0 Å². The van der Waals surface area contributed by atoms with Gasteiger partial charge in [0.1, 0.15) is 0 Å². The molecule has 1 aliphatic rings. The van der Waals surface area contributed by atoms with E-state index in [-0.39, 0.29) is 10.7 Å². The SMILES string of the molecule is CC(=O)c1ccc(S(=O)(=O)N2CCN(c3ccc(-c4ccccc4Cl)nn3)CC2)cc1. The molecule has 0 aliphatic carbocycles. The van der Waals surface area contributed by atoms with Crippen LogP contribution in [0, 0.1) is 0 Å². The molecule has 0 radical (unpaired) electrons. The van der Waals surface area contributed by atoms with Crippen LogP contribution in [-0.4, -0.2) is 54.9 Å². The van der Waals surface area contributed by atoms with E-state index >= 15 is 0 Å². The normalized spacial score (nSPS) is 15.1. The molecule has 1 aromatic heterocycles. The van der Waals surface area contributed by atoms with Crippen LogP contribution in [0.2, 0.25) is 5.02 Å². The average Bonchev–Trinajstić information content (AvgIpc) is 2.80. The van der Waals surface area contributed by atoms with Crippen molar-refractivity contribution < 1.29 is 13.2 Å². The number of anilines is 1. The fourth-order valence-electron chi connectivity index (χ4n) is 3.47. The molecule has 0 atom stereocenters. The molecular formula is C22H21ClN4O3S. The number of sulfonamides is 1. The van der Waals surface area contributed by atoms with Crippen molar-refractivity contribution in [3.63, 3.8) is 0 Å². The van der Waals surface area contributed by atoms with Crippen molar-refractivity contribution in [1.29, 1.82) is 0 Å². The first kappa shape index (κ1) is 21.4. The van der Waals surface area contributed by atoms with Crippen LogP contribution in [0.15, 0.2) is 65.6 Å². The van der Waals surface area contributed by atoms with Crippen molar-refractivity contribution in [3.05, 3.63) is 71.2 Å². The largest absolute Gasteiger partial charge is 0.352 e. The van der Waals surface area contributed by atoms with Crippen molar-refractivity contribution in [2.75, 3.05) is 31.1 Å². The lowest BCUT2D eigenvalue weighted by molar-refractivity contribution is 0.101. The second kappa shape index (κ2) is 8.74. The summed E-state index contributed by atoms with van der Waals surface area (Å²) in [7, 11) is -3.61. The Morgan fingerprint density at radius 3 is 2.16 bits per heavy atom. The van der Waals surface area contributed by atoms with Crippen molar-refractivity contribution >= 4 is 33.2 Å². The van der Waals surface area contributed by atoms with Gasteiger partial charge in [-0.25, -0.2) is 8.42 Å². The van der Waals surface area contributed by atoms with Crippen LogP contribution in [-0.2, 0) is 10.0 Å². The van der Waals surface area contributed by atoms with Crippen molar-refractivity contribution in [1.82, 2.24) is 14.5 Å². The van der Waals surface area contributed by atoms with E-state index in [4.69, 9.17) is 11.6 Å². The van der Waals surface area contributed by atoms with Crippen LogP contribution in [0.25, 0.3) is 11.3 Å². The lowest BCUT2D eigenvalue weighted by atomic mass is 10.1. The highest BCUT2D eigenvalue weighted by Gasteiger charge is 2.29.